The Labute approximate surface area is 289 Å². The number of allylic oxidation sites excluding steroid dienone is 3. The van der Waals surface area contributed by atoms with Crippen molar-refractivity contribution in [3.63, 3.8) is 0 Å². The van der Waals surface area contributed by atoms with Crippen molar-refractivity contribution in [3.8, 4) is 22.8 Å². The molecule has 0 spiro atoms. The number of para-hydroxylation sites is 1. The average Bonchev–Trinajstić information content (AvgIpc) is 3.58. The Bertz CT molecular complexity index is 2720. The first-order valence-corrected chi connectivity index (χ1v) is 16.8. The van der Waals surface area contributed by atoms with E-state index in [1.54, 1.807) is 0 Å². The maximum Gasteiger partial charge on any atom is 0.164 e. The highest BCUT2D eigenvalue weighted by Crippen LogP contribution is 2.37. The zero-order chi connectivity index (χ0) is 33.4. The first-order chi connectivity index (χ1) is 24.7. The molecule has 9 rings (SSSR count). The molecule has 50 heavy (non-hydrogen) atoms. The number of hydrogen-bond acceptors (Lipinski definition) is 4. The number of hydrogen-bond donors (Lipinski definition) is 0. The molecule has 0 atom stereocenters. The summed E-state index contributed by atoms with van der Waals surface area (Å²) in [7, 11) is 0. The quantitative estimate of drug-likeness (QED) is 0.134. The van der Waals surface area contributed by atoms with Gasteiger partial charge >= 0.3 is 0 Å². The summed E-state index contributed by atoms with van der Waals surface area (Å²) in [6.07, 6.45) is 4.27. The van der Waals surface area contributed by atoms with Crippen LogP contribution in [0.25, 0.3) is 77.4 Å². The van der Waals surface area contributed by atoms with E-state index in [0.29, 0.717) is 17.5 Å². The third-order valence-corrected chi connectivity index (χ3v) is 9.32. The van der Waals surface area contributed by atoms with Crippen LogP contribution >= 0.6 is 0 Å². The Morgan fingerprint density at radius 2 is 1.16 bits per heavy atom. The first-order valence-electron chi connectivity index (χ1n) is 16.8. The van der Waals surface area contributed by atoms with Gasteiger partial charge in [-0.15, -0.1) is 0 Å². The Balaban J connectivity index is 1.28. The summed E-state index contributed by atoms with van der Waals surface area (Å²) in [5, 5.41) is 6.79. The monoisotopic (exact) mass is 641 g/mol. The molecule has 2 aromatic heterocycles. The summed E-state index contributed by atoms with van der Waals surface area (Å²) < 4.78 is 6.27. The summed E-state index contributed by atoms with van der Waals surface area (Å²) in [4.78, 5) is 15.6. The fourth-order valence-corrected chi connectivity index (χ4v) is 6.87. The van der Waals surface area contributed by atoms with Crippen molar-refractivity contribution in [1.82, 2.24) is 15.0 Å². The summed E-state index contributed by atoms with van der Waals surface area (Å²) in [5.74, 6) is 1.80. The van der Waals surface area contributed by atoms with Gasteiger partial charge in [0.1, 0.15) is 11.2 Å². The van der Waals surface area contributed by atoms with Crippen molar-refractivity contribution in [2.75, 3.05) is 0 Å². The van der Waals surface area contributed by atoms with Gasteiger partial charge in [0.05, 0.1) is 0 Å². The van der Waals surface area contributed by atoms with Crippen molar-refractivity contribution >= 4 is 54.6 Å². The van der Waals surface area contributed by atoms with Gasteiger partial charge in [-0.25, -0.2) is 15.0 Å². The third-order valence-electron chi connectivity index (χ3n) is 9.32. The van der Waals surface area contributed by atoms with Crippen molar-refractivity contribution < 1.29 is 4.42 Å². The fraction of sp³-hybridized carbons (Fsp3) is 0.0217. The van der Waals surface area contributed by atoms with E-state index < -0.39 is 0 Å². The molecule has 236 valence electrons. The van der Waals surface area contributed by atoms with Crippen molar-refractivity contribution in [1.29, 1.82) is 0 Å². The smallest absolute Gasteiger partial charge is 0.164 e. The van der Waals surface area contributed by atoms with Crippen molar-refractivity contribution in [3.05, 3.63) is 187 Å². The minimum atomic E-state index is 0.592. The molecule has 0 saturated carbocycles. The molecule has 4 heteroatoms. The molecule has 4 nitrogen and oxygen atoms in total. The van der Waals surface area contributed by atoms with Gasteiger partial charge in [0.25, 0.3) is 0 Å². The molecule has 0 aliphatic heterocycles. The molecule has 0 amide bonds. The molecule has 0 saturated heterocycles. The largest absolute Gasteiger partial charge is 0.456 e. The maximum absolute atomic E-state index is 6.27. The van der Waals surface area contributed by atoms with E-state index in [2.05, 4.69) is 127 Å². The SMILES string of the molecule is C/C=C(\C=C(c1ccccc1)c1ccccc1)c1nc(-c2ccc3c(ccc4ccccc43)c2)nc(-c2cccc3oc4ccccc4c23)n1. The van der Waals surface area contributed by atoms with Crippen LogP contribution < -0.4 is 0 Å². The second kappa shape index (κ2) is 12.4. The van der Waals surface area contributed by atoms with Crippen LogP contribution in [0.5, 0.6) is 0 Å². The zero-order valence-corrected chi connectivity index (χ0v) is 27.4. The minimum absolute atomic E-state index is 0.592. The summed E-state index contributed by atoms with van der Waals surface area (Å²) in [5.41, 5.74) is 7.66. The predicted molar refractivity (Wildman–Crippen MR) is 207 cm³/mol. The normalized spacial score (nSPS) is 11.8. The van der Waals surface area contributed by atoms with Crippen LogP contribution in [0.15, 0.2) is 174 Å². The predicted octanol–water partition coefficient (Wildman–Crippen LogP) is 11.9. The Kier molecular flexibility index (Phi) is 7.33. The lowest BCUT2D eigenvalue weighted by molar-refractivity contribution is 0.669. The minimum Gasteiger partial charge on any atom is -0.456 e. The zero-order valence-electron chi connectivity index (χ0n) is 27.4. The van der Waals surface area contributed by atoms with Crippen molar-refractivity contribution in [2.24, 2.45) is 0 Å². The third kappa shape index (κ3) is 5.24. The summed E-state index contributed by atoms with van der Waals surface area (Å²) in [6, 6.07) is 54.4. The molecule has 0 bridgehead atoms. The molecular weight excluding hydrogens is 611 g/mol. The van der Waals surface area contributed by atoms with Gasteiger partial charge in [-0.2, -0.15) is 0 Å². The summed E-state index contributed by atoms with van der Waals surface area (Å²) >= 11 is 0. The van der Waals surface area contributed by atoms with Crippen LogP contribution in [0.4, 0.5) is 0 Å². The van der Waals surface area contributed by atoms with E-state index in [0.717, 1.165) is 60.7 Å². The Morgan fingerprint density at radius 3 is 1.94 bits per heavy atom. The molecule has 0 radical (unpaired) electrons. The van der Waals surface area contributed by atoms with E-state index in [1.165, 1.54) is 16.2 Å². The number of nitrogens with zero attached hydrogens (tertiary/aromatic N) is 3. The van der Waals surface area contributed by atoms with E-state index in [4.69, 9.17) is 19.4 Å². The lowest BCUT2D eigenvalue weighted by Crippen LogP contribution is -2.03. The maximum atomic E-state index is 6.27. The van der Waals surface area contributed by atoms with Crippen LogP contribution in [0.2, 0.25) is 0 Å². The summed E-state index contributed by atoms with van der Waals surface area (Å²) in [6.45, 7) is 2.04. The van der Waals surface area contributed by atoms with Gasteiger partial charge in [-0.1, -0.05) is 146 Å². The van der Waals surface area contributed by atoms with E-state index in [9.17, 15) is 0 Å². The fourth-order valence-electron chi connectivity index (χ4n) is 6.87. The van der Waals surface area contributed by atoms with Gasteiger partial charge in [-0.3, -0.25) is 0 Å². The van der Waals surface area contributed by atoms with Gasteiger partial charge < -0.3 is 4.42 Å². The lowest BCUT2D eigenvalue weighted by Gasteiger charge is -2.13. The molecule has 9 aromatic rings. The van der Waals surface area contributed by atoms with E-state index >= 15 is 0 Å². The van der Waals surface area contributed by atoms with E-state index in [1.807, 2.05) is 49.4 Å². The van der Waals surface area contributed by atoms with E-state index in [-0.39, 0.29) is 0 Å². The number of benzene rings is 7. The molecule has 0 aliphatic rings. The van der Waals surface area contributed by atoms with Crippen molar-refractivity contribution in [2.45, 2.75) is 6.92 Å². The van der Waals surface area contributed by atoms with Crippen LogP contribution in [-0.4, -0.2) is 15.0 Å². The van der Waals surface area contributed by atoms with Gasteiger partial charge in [0.15, 0.2) is 17.5 Å². The highest BCUT2D eigenvalue weighted by Gasteiger charge is 2.19. The van der Waals surface area contributed by atoms with Crippen LogP contribution in [0, 0.1) is 0 Å². The molecule has 2 heterocycles. The number of rotatable bonds is 6. The molecule has 0 fully saturated rings. The first kappa shape index (κ1) is 29.5. The van der Waals surface area contributed by atoms with Crippen LogP contribution in [-0.2, 0) is 0 Å². The molecule has 0 unspecified atom stereocenters. The molecule has 0 aliphatic carbocycles. The Morgan fingerprint density at radius 1 is 0.520 bits per heavy atom. The second-order valence-electron chi connectivity index (χ2n) is 12.3. The number of aromatic nitrogens is 3. The molecular formula is C46H31N3O. The average molecular weight is 642 g/mol. The van der Waals surface area contributed by atoms with Crippen LogP contribution in [0.3, 0.4) is 0 Å². The topological polar surface area (TPSA) is 51.8 Å². The number of furan rings is 1. The lowest BCUT2D eigenvalue weighted by atomic mass is 9.95. The highest BCUT2D eigenvalue weighted by molar-refractivity contribution is 6.12. The standard InChI is InChI=1S/C46H31N3O/c1-2-30(29-40(31-14-5-3-6-15-31)32-16-7-4-8-17-32)44-47-45(35-26-27-37-34(28-35)25-24-33-18-9-10-19-36(33)37)49-46(48-44)39-21-13-23-42-43(39)38-20-11-12-22-41(38)50-42/h2-29H,1H3/b30-2+. The van der Waals surface area contributed by atoms with Gasteiger partial charge in [0, 0.05) is 27.5 Å². The molecule has 7 aromatic carbocycles. The second-order valence-corrected chi connectivity index (χ2v) is 12.3. The highest BCUT2D eigenvalue weighted by atomic mass is 16.3. The van der Waals surface area contributed by atoms with Gasteiger partial charge in [0.2, 0.25) is 0 Å². The number of fused-ring (bicyclic) bond motifs is 6. The van der Waals surface area contributed by atoms with Gasteiger partial charge in [-0.05, 0) is 69.4 Å². The molecule has 0 N–H and O–H groups in total. The van der Waals surface area contributed by atoms with Crippen LogP contribution in [0.1, 0.15) is 23.9 Å². The Hall–Kier alpha value is -6.65.